The Morgan fingerprint density at radius 3 is 2.77 bits per heavy atom. The Morgan fingerprint density at radius 1 is 1.38 bits per heavy atom. The van der Waals surface area contributed by atoms with Gasteiger partial charge in [-0.15, -0.1) is 11.3 Å². The lowest BCUT2D eigenvalue weighted by Crippen LogP contribution is -2.04. The highest BCUT2D eigenvalue weighted by Gasteiger charge is 2.13. The van der Waals surface area contributed by atoms with E-state index in [0.29, 0.717) is 0 Å². The number of carbonyl (C=O) groups excluding carboxylic acids is 1. The molecular formula is C10H10OS2. The first-order chi connectivity index (χ1) is 6.18. The van der Waals surface area contributed by atoms with Crippen LogP contribution in [0.3, 0.4) is 0 Å². The van der Waals surface area contributed by atoms with Crippen molar-refractivity contribution < 1.29 is 4.79 Å². The summed E-state index contributed by atoms with van der Waals surface area (Å²) in [5, 5.41) is 5.39. The summed E-state index contributed by atoms with van der Waals surface area (Å²) >= 11 is 3.29. The van der Waals surface area contributed by atoms with Crippen molar-refractivity contribution in [2.75, 3.05) is 0 Å². The Kier molecular flexibility index (Phi) is 2.22. The quantitative estimate of drug-likeness (QED) is 0.689. The van der Waals surface area contributed by atoms with Gasteiger partial charge in [0, 0.05) is 21.4 Å². The zero-order valence-corrected chi connectivity index (χ0v) is 9.17. The van der Waals surface area contributed by atoms with Crippen molar-refractivity contribution in [3.8, 4) is 0 Å². The Hall–Kier alpha value is -0.670. The molecule has 0 aliphatic heterocycles. The molecule has 2 aromatic rings. The first-order valence-electron chi connectivity index (χ1n) is 4.18. The molecule has 0 aliphatic carbocycles. The topological polar surface area (TPSA) is 17.1 Å². The van der Waals surface area contributed by atoms with Crippen LogP contribution in [0.2, 0.25) is 0 Å². The Labute approximate surface area is 85.0 Å². The summed E-state index contributed by atoms with van der Waals surface area (Å²) in [7, 11) is 0. The molecule has 0 aliphatic rings. The maximum atomic E-state index is 11.6. The van der Waals surface area contributed by atoms with Gasteiger partial charge >= 0.3 is 0 Å². The summed E-state index contributed by atoms with van der Waals surface area (Å²) in [5.74, 6) is 0.359. The van der Waals surface area contributed by atoms with E-state index < -0.39 is 0 Å². The molecule has 0 N–H and O–H groups in total. The van der Waals surface area contributed by atoms with E-state index in [1.165, 1.54) is 10.1 Å². The molecule has 0 bridgehead atoms. The number of fused-ring (bicyclic) bond motifs is 1. The zero-order chi connectivity index (χ0) is 9.42. The maximum absolute atomic E-state index is 11.6. The molecule has 3 heteroatoms. The van der Waals surface area contributed by atoms with E-state index in [-0.39, 0.29) is 11.7 Å². The number of thiophene rings is 2. The molecule has 0 fully saturated rings. The first-order valence-corrected chi connectivity index (χ1v) is 5.94. The average Bonchev–Trinajstić information content (AvgIpc) is 2.59. The summed E-state index contributed by atoms with van der Waals surface area (Å²) in [6.45, 7) is 3.88. The van der Waals surface area contributed by atoms with Crippen molar-refractivity contribution in [2.45, 2.75) is 13.8 Å². The van der Waals surface area contributed by atoms with Gasteiger partial charge in [0.05, 0.1) is 4.88 Å². The van der Waals surface area contributed by atoms with E-state index >= 15 is 0 Å². The van der Waals surface area contributed by atoms with Gasteiger partial charge in [0.25, 0.3) is 0 Å². The summed E-state index contributed by atoms with van der Waals surface area (Å²) in [6, 6.07) is 2.00. The molecule has 0 saturated carbocycles. The van der Waals surface area contributed by atoms with Crippen molar-refractivity contribution in [1.29, 1.82) is 0 Å². The van der Waals surface area contributed by atoms with Crippen LogP contribution in [-0.4, -0.2) is 5.78 Å². The van der Waals surface area contributed by atoms with Crippen molar-refractivity contribution in [2.24, 2.45) is 5.92 Å². The lowest BCUT2D eigenvalue weighted by Gasteiger charge is -1.98. The molecule has 0 atom stereocenters. The fourth-order valence-electron chi connectivity index (χ4n) is 1.18. The van der Waals surface area contributed by atoms with Crippen LogP contribution in [0.25, 0.3) is 10.1 Å². The number of carbonyl (C=O) groups is 1. The van der Waals surface area contributed by atoms with Crippen LogP contribution in [0.1, 0.15) is 23.5 Å². The molecule has 2 rings (SSSR count). The van der Waals surface area contributed by atoms with Crippen LogP contribution >= 0.6 is 22.7 Å². The van der Waals surface area contributed by atoms with Crippen LogP contribution in [0.4, 0.5) is 0 Å². The predicted molar refractivity (Wildman–Crippen MR) is 58.9 cm³/mol. The van der Waals surface area contributed by atoms with Gasteiger partial charge in [-0.25, -0.2) is 0 Å². The van der Waals surface area contributed by atoms with Crippen molar-refractivity contribution >= 4 is 38.5 Å². The lowest BCUT2D eigenvalue weighted by molar-refractivity contribution is 0.0943. The molecule has 13 heavy (non-hydrogen) atoms. The van der Waals surface area contributed by atoms with Crippen LogP contribution in [-0.2, 0) is 0 Å². The highest BCUT2D eigenvalue weighted by atomic mass is 32.1. The van der Waals surface area contributed by atoms with Gasteiger partial charge < -0.3 is 0 Å². The standard InChI is InChI=1S/C10H10OS2/c1-6(2)10(11)8-3-7-4-12-5-9(7)13-8/h3-6H,1-2H3. The fraction of sp³-hybridized carbons (Fsp3) is 0.300. The third-order valence-electron chi connectivity index (χ3n) is 1.93. The van der Waals surface area contributed by atoms with E-state index in [0.717, 1.165) is 4.88 Å². The predicted octanol–water partition coefficient (Wildman–Crippen LogP) is 3.80. The van der Waals surface area contributed by atoms with E-state index in [2.05, 4.69) is 10.8 Å². The average molecular weight is 210 g/mol. The second kappa shape index (κ2) is 3.24. The summed E-state index contributed by atoms with van der Waals surface area (Å²) < 4.78 is 1.23. The molecule has 2 heterocycles. The SMILES string of the molecule is CC(C)C(=O)c1cc2cscc2s1. The lowest BCUT2D eigenvalue weighted by atomic mass is 10.1. The normalized spacial score (nSPS) is 11.3. The van der Waals surface area contributed by atoms with Gasteiger partial charge in [0.2, 0.25) is 0 Å². The highest BCUT2D eigenvalue weighted by Crippen LogP contribution is 2.29. The summed E-state index contributed by atoms with van der Waals surface area (Å²) in [5.41, 5.74) is 0. The second-order valence-electron chi connectivity index (χ2n) is 3.32. The van der Waals surface area contributed by atoms with E-state index in [4.69, 9.17) is 0 Å². The van der Waals surface area contributed by atoms with Gasteiger partial charge in [0.15, 0.2) is 5.78 Å². The van der Waals surface area contributed by atoms with Gasteiger partial charge in [-0.05, 0) is 11.4 Å². The smallest absolute Gasteiger partial charge is 0.175 e. The van der Waals surface area contributed by atoms with Crippen molar-refractivity contribution in [3.63, 3.8) is 0 Å². The van der Waals surface area contributed by atoms with Gasteiger partial charge in [0.1, 0.15) is 0 Å². The van der Waals surface area contributed by atoms with Crippen LogP contribution in [0.15, 0.2) is 16.8 Å². The van der Waals surface area contributed by atoms with E-state index in [1.807, 2.05) is 19.9 Å². The molecule has 0 radical (unpaired) electrons. The van der Waals surface area contributed by atoms with Crippen molar-refractivity contribution in [3.05, 3.63) is 21.7 Å². The molecule has 0 amide bonds. The van der Waals surface area contributed by atoms with Gasteiger partial charge in [-0.1, -0.05) is 13.8 Å². The minimum Gasteiger partial charge on any atom is -0.293 e. The minimum absolute atomic E-state index is 0.103. The van der Waals surface area contributed by atoms with Crippen LogP contribution in [0.5, 0.6) is 0 Å². The van der Waals surface area contributed by atoms with Crippen LogP contribution in [0, 0.1) is 5.92 Å². The molecule has 2 aromatic heterocycles. The number of hydrogen-bond acceptors (Lipinski definition) is 3. The number of rotatable bonds is 2. The maximum Gasteiger partial charge on any atom is 0.175 e. The molecule has 0 unspecified atom stereocenters. The van der Waals surface area contributed by atoms with E-state index in [9.17, 15) is 4.79 Å². The van der Waals surface area contributed by atoms with Gasteiger partial charge in [-0.3, -0.25) is 4.79 Å². The molecule has 0 aromatic carbocycles. The Morgan fingerprint density at radius 2 is 2.15 bits per heavy atom. The zero-order valence-electron chi connectivity index (χ0n) is 7.53. The van der Waals surface area contributed by atoms with E-state index in [1.54, 1.807) is 22.7 Å². The monoisotopic (exact) mass is 210 g/mol. The molecular weight excluding hydrogens is 200 g/mol. The second-order valence-corrected chi connectivity index (χ2v) is 5.15. The number of hydrogen-bond donors (Lipinski definition) is 0. The highest BCUT2D eigenvalue weighted by molar-refractivity contribution is 7.24. The fourth-order valence-corrected chi connectivity index (χ4v) is 3.28. The molecule has 0 spiro atoms. The largest absolute Gasteiger partial charge is 0.293 e. The molecule has 1 nitrogen and oxygen atoms in total. The number of ketones is 1. The Balaban J connectivity index is 2.45. The minimum atomic E-state index is 0.103. The van der Waals surface area contributed by atoms with Gasteiger partial charge in [-0.2, -0.15) is 11.3 Å². The third kappa shape index (κ3) is 1.54. The summed E-state index contributed by atoms with van der Waals surface area (Å²) in [6.07, 6.45) is 0. The number of Topliss-reactive ketones (excluding diaryl/α,β-unsaturated/α-hetero) is 1. The summed E-state index contributed by atoms with van der Waals surface area (Å²) in [4.78, 5) is 12.5. The van der Waals surface area contributed by atoms with Crippen molar-refractivity contribution in [1.82, 2.24) is 0 Å². The third-order valence-corrected chi connectivity index (χ3v) is 3.95. The first kappa shape index (κ1) is 8.91. The Bertz CT molecular complexity index is 408. The molecule has 68 valence electrons. The van der Waals surface area contributed by atoms with Crippen LogP contribution < -0.4 is 0 Å². The molecule has 0 saturated heterocycles.